The lowest BCUT2D eigenvalue weighted by atomic mass is 9.88. The van der Waals surface area contributed by atoms with Gasteiger partial charge in [-0.1, -0.05) is 29.5 Å². The first-order valence-corrected chi connectivity index (χ1v) is 14.4. The van der Waals surface area contributed by atoms with Crippen LogP contribution in [0.15, 0.2) is 42.6 Å². The molecular weight excluding hydrogens is 536 g/mol. The number of benzene rings is 1. The lowest BCUT2D eigenvalue weighted by Crippen LogP contribution is -2.41. The predicted octanol–water partition coefficient (Wildman–Crippen LogP) is 3.75. The molecule has 0 radical (unpaired) electrons. The van der Waals surface area contributed by atoms with E-state index in [1.54, 1.807) is 28.9 Å². The van der Waals surface area contributed by atoms with Crippen LogP contribution in [0.2, 0.25) is 0 Å². The summed E-state index contributed by atoms with van der Waals surface area (Å²) < 4.78 is 7.15. The second-order valence-corrected chi connectivity index (χ2v) is 11.5. The van der Waals surface area contributed by atoms with Crippen LogP contribution in [0.1, 0.15) is 79.7 Å². The molecule has 4 rings (SSSR count). The zero-order valence-corrected chi connectivity index (χ0v) is 24.8. The Morgan fingerprint density at radius 1 is 1.02 bits per heavy atom. The molecule has 1 saturated heterocycles. The van der Waals surface area contributed by atoms with E-state index in [0.29, 0.717) is 37.1 Å². The Hall–Kier alpha value is -4.35. The molecule has 2 N–H and O–H groups in total. The van der Waals surface area contributed by atoms with Crippen LogP contribution in [0.25, 0.3) is 0 Å². The fourth-order valence-corrected chi connectivity index (χ4v) is 4.83. The molecule has 12 heteroatoms. The second-order valence-electron chi connectivity index (χ2n) is 11.5. The number of ether oxygens (including phenoxy) is 1. The first kappa shape index (κ1) is 30.6. The Labute approximate surface area is 246 Å². The third-order valence-electron chi connectivity index (χ3n) is 6.99. The standard InChI is InChI=1S/C30H40N8O4/c1-30(2,3)42-29(41)37-16-13-22(14-17-37)23-9-7-8-21(18-23)19-27(39)32-26-12-11-24(33-35-26)10-5-6-15-38-20-25(34-36-38)28(40)31-4/h7-9,11-12,18,20,22H,5-6,10,13-17,19H2,1-4H3,(H,31,40)(H,32,35,39). The van der Waals surface area contributed by atoms with Crippen molar-refractivity contribution in [1.82, 2.24) is 35.4 Å². The van der Waals surface area contributed by atoms with E-state index in [4.69, 9.17) is 4.74 Å². The molecule has 12 nitrogen and oxygen atoms in total. The Morgan fingerprint density at radius 3 is 2.50 bits per heavy atom. The van der Waals surface area contributed by atoms with E-state index in [1.807, 2.05) is 39.0 Å². The van der Waals surface area contributed by atoms with Gasteiger partial charge in [-0.05, 0) is 82.1 Å². The van der Waals surface area contributed by atoms with Gasteiger partial charge in [0.25, 0.3) is 5.91 Å². The molecule has 1 fully saturated rings. The van der Waals surface area contributed by atoms with Crippen molar-refractivity contribution in [1.29, 1.82) is 0 Å². The molecule has 1 aromatic carbocycles. The number of hydrogen-bond acceptors (Lipinski definition) is 8. The van der Waals surface area contributed by atoms with E-state index >= 15 is 0 Å². The molecule has 1 aliphatic rings. The van der Waals surface area contributed by atoms with Crippen molar-refractivity contribution in [2.45, 2.75) is 77.4 Å². The molecule has 3 aromatic rings. The maximum Gasteiger partial charge on any atom is 0.410 e. The van der Waals surface area contributed by atoms with Gasteiger partial charge in [0.05, 0.1) is 18.3 Å². The molecule has 0 unspecified atom stereocenters. The topological polar surface area (TPSA) is 144 Å². The van der Waals surface area contributed by atoms with Crippen LogP contribution in [0, 0.1) is 0 Å². The molecule has 3 amide bonds. The summed E-state index contributed by atoms with van der Waals surface area (Å²) in [5.74, 6) is 0.337. The van der Waals surface area contributed by atoms with Crippen LogP contribution in [0.5, 0.6) is 0 Å². The summed E-state index contributed by atoms with van der Waals surface area (Å²) in [6, 6.07) is 11.7. The number of hydrogen-bond donors (Lipinski definition) is 2. The molecule has 0 atom stereocenters. The highest BCUT2D eigenvalue weighted by Gasteiger charge is 2.27. The summed E-state index contributed by atoms with van der Waals surface area (Å²) in [6.45, 7) is 7.58. The number of nitrogens with one attached hydrogen (secondary N) is 2. The highest BCUT2D eigenvalue weighted by molar-refractivity contribution is 5.91. The van der Waals surface area contributed by atoms with E-state index in [-0.39, 0.29) is 24.3 Å². The number of piperidine rings is 1. The summed E-state index contributed by atoms with van der Waals surface area (Å²) in [4.78, 5) is 38.4. The van der Waals surface area contributed by atoms with Crippen molar-refractivity contribution in [3.05, 3.63) is 65.1 Å². The van der Waals surface area contributed by atoms with Gasteiger partial charge < -0.3 is 20.3 Å². The number of nitrogens with zero attached hydrogens (tertiary/aromatic N) is 6. The fraction of sp³-hybridized carbons (Fsp3) is 0.500. The normalized spacial score (nSPS) is 14.0. The number of aryl methyl sites for hydroxylation is 2. The van der Waals surface area contributed by atoms with Gasteiger partial charge in [-0.25, -0.2) is 4.79 Å². The van der Waals surface area contributed by atoms with Crippen molar-refractivity contribution in [2.24, 2.45) is 0 Å². The Morgan fingerprint density at radius 2 is 1.81 bits per heavy atom. The van der Waals surface area contributed by atoms with Crippen LogP contribution in [-0.4, -0.2) is 73.7 Å². The third-order valence-corrected chi connectivity index (χ3v) is 6.99. The highest BCUT2D eigenvalue weighted by atomic mass is 16.6. The average Bonchev–Trinajstić information content (AvgIpc) is 3.44. The van der Waals surface area contributed by atoms with Crippen molar-refractivity contribution >= 4 is 23.7 Å². The molecular formula is C30H40N8O4. The minimum Gasteiger partial charge on any atom is -0.444 e. The first-order valence-electron chi connectivity index (χ1n) is 14.4. The van der Waals surface area contributed by atoms with Gasteiger partial charge in [-0.2, -0.15) is 5.10 Å². The number of likely N-dealkylation sites (tertiary alicyclic amines) is 1. The van der Waals surface area contributed by atoms with Crippen LogP contribution >= 0.6 is 0 Å². The zero-order valence-electron chi connectivity index (χ0n) is 24.8. The second kappa shape index (κ2) is 14.0. The molecule has 0 bridgehead atoms. The molecule has 224 valence electrons. The van der Waals surface area contributed by atoms with Gasteiger partial charge in [0.1, 0.15) is 5.60 Å². The largest absolute Gasteiger partial charge is 0.444 e. The number of carbonyl (C=O) groups excluding carboxylic acids is 3. The van der Waals surface area contributed by atoms with Gasteiger partial charge in [0, 0.05) is 26.7 Å². The van der Waals surface area contributed by atoms with Crippen LogP contribution < -0.4 is 10.6 Å². The van der Waals surface area contributed by atoms with E-state index in [2.05, 4.69) is 43.3 Å². The van der Waals surface area contributed by atoms with Crippen LogP contribution in [-0.2, 0) is 28.9 Å². The maximum atomic E-state index is 12.7. The number of carbonyl (C=O) groups is 3. The fourth-order valence-electron chi connectivity index (χ4n) is 4.83. The first-order chi connectivity index (χ1) is 20.1. The summed E-state index contributed by atoms with van der Waals surface area (Å²) in [7, 11) is 1.56. The lowest BCUT2D eigenvalue weighted by Gasteiger charge is -2.33. The Bertz CT molecular complexity index is 1360. The van der Waals surface area contributed by atoms with Crippen LogP contribution in [0.3, 0.4) is 0 Å². The molecule has 1 aliphatic heterocycles. The van der Waals surface area contributed by atoms with Gasteiger partial charge in [-0.3, -0.25) is 14.3 Å². The third kappa shape index (κ3) is 9.08. The van der Waals surface area contributed by atoms with Crippen molar-refractivity contribution in [2.75, 3.05) is 25.5 Å². The Kier molecular flexibility index (Phi) is 10.2. The molecule has 2 aromatic heterocycles. The number of anilines is 1. The van der Waals surface area contributed by atoms with E-state index in [9.17, 15) is 14.4 Å². The summed E-state index contributed by atoms with van der Waals surface area (Å²) in [5.41, 5.74) is 2.75. The molecule has 3 heterocycles. The van der Waals surface area contributed by atoms with Gasteiger partial charge >= 0.3 is 6.09 Å². The van der Waals surface area contributed by atoms with Crippen molar-refractivity contribution in [3.63, 3.8) is 0 Å². The summed E-state index contributed by atoms with van der Waals surface area (Å²) >= 11 is 0. The molecule has 42 heavy (non-hydrogen) atoms. The highest BCUT2D eigenvalue weighted by Crippen LogP contribution is 2.29. The molecule has 0 saturated carbocycles. The van der Waals surface area contributed by atoms with Gasteiger partial charge in [0.15, 0.2) is 11.5 Å². The van der Waals surface area contributed by atoms with Gasteiger partial charge in [-0.15, -0.1) is 10.2 Å². The molecule has 0 spiro atoms. The van der Waals surface area contributed by atoms with E-state index in [1.165, 1.54) is 5.56 Å². The lowest BCUT2D eigenvalue weighted by molar-refractivity contribution is -0.115. The Balaban J connectivity index is 1.19. The quantitative estimate of drug-likeness (QED) is 0.347. The summed E-state index contributed by atoms with van der Waals surface area (Å²) in [6.07, 6.45) is 5.77. The monoisotopic (exact) mass is 576 g/mol. The number of amides is 3. The number of rotatable bonds is 10. The maximum absolute atomic E-state index is 12.7. The number of unbranched alkanes of at least 4 members (excludes halogenated alkanes) is 1. The smallest absolute Gasteiger partial charge is 0.410 e. The van der Waals surface area contributed by atoms with Crippen molar-refractivity contribution < 1.29 is 19.1 Å². The predicted molar refractivity (Wildman–Crippen MR) is 157 cm³/mol. The SMILES string of the molecule is CNC(=O)c1cn(CCCCc2ccc(NC(=O)Cc3cccc(C4CCN(C(=O)OC(C)(C)C)CC4)c3)nn2)nn1. The average molecular weight is 577 g/mol. The van der Waals surface area contributed by atoms with E-state index < -0.39 is 5.60 Å². The minimum absolute atomic E-state index is 0.155. The van der Waals surface area contributed by atoms with E-state index in [0.717, 1.165) is 43.4 Å². The van der Waals surface area contributed by atoms with Crippen molar-refractivity contribution in [3.8, 4) is 0 Å². The zero-order chi connectivity index (χ0) is 30.1. The number of aromatic nitrogens is 5. The summed E-state index contributed by atoms with van der Waals surface area (Å²) in [5, 5.41) is 21.6. The molecule has 0 aliphatic carbocycles. The minimum atomic E-state index is -0.502. The van der Waals surface area contributed by atoms with Crippen LogP contribution in [0.4, 0.5) is 10.6 Å². The van der Waals surface area contributed by atoms with Gasteiger partial charge in [0.2, 0.25) is 5.91 Å².